The maximum Gasteiger partial charge on any atom is 0.282 e. The second-order valence-corrected chi connectivity index (χ2v) is 7.30. The molecule has 0 aromatic carbocycles. The van der Waals surface area contributed by atoms with Crippen LogP contribution in [0.2, 0.25) is 0 Å². The summed E-state index contributed by atoms with van der Waals surface area (Å²) < 4.78 is 0. The fourth-order valence-corrected chi connectivity index (χ4v) is 5.02. The van der Waals surface area contributed by atoms with Crippen LogP contribution in [-0.4, -0.2) is 28.7 Å². The van der Waals surface area contributed by atoms with Crippen LogP contribution in [0.4, 0.5) is 5.13 Å². The third-order valence-electron chi connectivity index (χ3n) is 5.18. The quantitative estimate of drug-likeness (QED) is 0.872. The Labute approximate surface area is 122 Å². The van der Waals surface area contributed by atoms with Gasteiger partial charge in [0.1, 0.15) is 0 Å². The number of hydrogen-bond acceptors (Lipinski definition) is 5. The minimum atomic E-state index is -0.0363. The van der Waals surface area contributed by atoms with E-state index in [1.54, 1.807) is 0 Å². The van der Waals surface area contributed by atoms with Crippen LogP contribution in [0.15, 0.2) is 0 Å². The molecule has 4 unspecified atom stereocenters. The Morgan fingerprint density at radius 2 is 2.05 bits per heavy atom. The van der Waals surface area contributed by atoms with Crippen molar-refractivity contribution in [2.45, 2.75) is 38.6 Å². The van der Waals surface area contributed by atoms with Crippen molar-refractivity contribution in [3.63, 3.8) is 0 Å². The summed E-state index contributed by atoms with van der Waals surface area (Å²) in [6, 6.07) is 0.421. The van der Waals surface area contributed by atoms with E-state index < -0.39 is 0 Å². The first-order chi connectivity index (χ1) is 9.78. The highest BCUT2D eigenvalue weighted by molar-refractivity contribution is 7.17. The van der Waals surface area contributed by atoms with Crippen molar-refractivity contribution < 1.29 is 4.79 Å². The van der Waals surface area contributed by atoms with Crippen LogP contribution in [0.25, 0.3) is 0 Å². The Kier molecular flexibility index (Phi) is 2.94. The Balaban J connectivity index is 1.36. The van der Waals surface area contributed by atoms with Crippen molar-refractivity contribution in [1.29, 1.82) is 0 Å². The molecule has 1 heterocycles. The Bertz CT molecular complexity index is 515. The number of nitrogens with zero attached hydrogens (tertiary/aromatic N) is 2. The maximum atomic E-state index is 12.2. The number of aromatic nitrogens is 2. The summed E-state index contributed by atoms with van der Waals surface area (Å²) in [5.74, 6) is 3.26. The average molecular weight is 292 g/mol. The van der Waals surface area contributed by atoms with Gasteiger partial charge in [0.25, 0.3) is 5.91 Å². The lowest BCUT2D eigenvalue weighted by atomic mass is 10.0. The fourth-order valence-electron chi connectivity index (χ4n) is 4.35. The van der Waals surface area contributed by atoms with Crippen LogP contribution < -0.4 is 10.6 Å². The van der Waals surface area contributed by atoms with Gasteiger partial charge in [-0.15, -0.1) is 10.2 Å². The summed E-state index contributed by atoms with van der Waals surface area (Å²) in [5, 5.41) is 15.6. The van der Waals surface area contributed by atoms with E-state index in [1.165, 1.54) is 30.6 Å². The normalized spacial score (nSPS) is 36.8. The van der Waals surface area contributed by atoms with Crippen LogP contribution in [-0.2, 0) is 0 Å². The zero-order valence-corrected chi connectivity index (χ0v) is 12.4. The highest BCUT2D eigenvalue weighted by Gasteiger charge is 2.65. The summed E-state index contributed by atoms with van der Waals surface area (Å²) in [4.78, 5) is 12.2. The van der Waals surface area contributed by atoms with Gasteiger partial charge in [-0.25, -0.2) is 0 Å². The predicted octanol–water partition coefficient (Wildman–Crippen LogP) is 2.13. The number of anilines is 1. The van der Waals surface area contributed by atoms with Crippen molar-refractivity contribution in [2.75, 3.05) is 11.9 Å². The number of amides is 1. The molecule has 3 aliphatic rings. The summed E-state index contributed by atoms with van der Waals surface area (Å²) >= 11 is 1.35. The van der Waals surface area contributed by atoms with Crippen LogP contribution in [0.5, 0.6) is 0 Å². The standard InChI is InChI=1S/C14H20N4OS/c1-2-5-15-14-18-17-13(20-14)12(19)16-11-9-7-3-4-8(6-7)10(9)11/h7-11H,2-6H2,1H3,(H,15,18)(H,16,19). The zero-order valence-electron chi connectivity index (χ0n) is 11.6. The first kappa shape index (κ1) is 12.6. The van der Waals surface area contributed by atoms with Gasteiger partial charge in [-0.3, -0.25) is 4.79 Å². The molecule has 20 heavy (non-hydrogen) atoms. The van der Waals surface area contributed by atoms with Crippen molar-refractivity contribution in [2.24, 2.45) is 23.7 Å². The van der Waals surface area contributed by atoms with E-state index in [9.17, 15) is 4.79 Å². The molecule has 0 radical (unpaired) electrons. The van der Waals surface area contributed by atoms with Crippen molar-refractivity contribution in [1.82, 2.24) is 15.5 Å². The second kappa shape index (κ2) is 4.69. The highest BCUT2D eigenvalue weighted by Crippen LogP contribution is 2.65. The van der Waals surface area contributed by atoms with E-state index >= 15 is 0 Å². The molecule has 5 nitrogen and oxygen atoms in total. The Morgan fingerprint density at radius 3 is 2.75 bits per heavy atom. The van der Waals surface area contributed by atoms with Crippen LogP contribution >= 0.6 is 11.3 Å². The number of carbonyl (C=O) groups excluding carboxylic acids is 1. The Morgan fingerprint density at radius 1 is 1.30 bits per heavy atom. The molecule has 2 N–H and O–H groups in total. The zero-order chi connectivity index (χ0) is 13.7. The van der Waals surface area contributed by atoms with E-state index in [0.29, 0.717) is 11.0 Å². The van der Waals surface area contributed by atoms with E-state index in [1.807, 2.05) is 0 Å². The Hall–Kier alpha value is -1.17. The molecule has 2 bridgehead atoms. The first-order valence-electron chi connectivity index (χ1n) is 7.66. The lowest BCUT2D eigenvalue weighted by Crippen LogP contribution is -2.29. The fraction of sp³-hybridized carbons (Fsp3) is 0.786. The summed E-state index contributed by atoms with van der Waals surface area (Å²) in [5.41, 5.74) is 0. The lowest BCUT2D eigenvalue weighted by molar-refractivity contribution is 0.0943. The molecule has 0 saturated heterocycles. The van der Waals surface area contributed by atoms with E-state index in [0.717, 1.165) is 41.8 Å². The number of rotatable bonds is 5. The highest BCUT2D eigenvalue weighted by atomic mass is 32.1. The van der Waals surface area contributed by atoms with Gasteiger partial charge >= 0.3 is 0 Å². The third kappa shape index (κ3) is 1.92. The topological polar surface area (TPSA) is 66.9 Å². The van der Waals surface area contributed by atoms with Gasteiger partial charge < -0.3 is 10.6 Å². The molecule has 108 valence electrons. The van der Waals surface area contributed by atoms with Gasteiger partial charge in [0.2, 0.25) is 10.1 Å². The molecule has 0 spiro atoms. The van der Waals surface area contributed by atoms with E-state index in [2.05, 4.69) is 27.8 Å². The number of nitrogens with one attached hydrogen (secondary N) is 2. The van der Waals surface area contributed by atoms with Crippen LogP contribution in [0, 0.1) is 23.7 Å². The summed E-state index contributed by atoms with van der Waals surface area (Å²) in [6.45, 7) is 2.97. The minimum Gasteiger partial charge on any atom is -0.360 e. The number of carbonyl (C=O) groups is 1. The van der Waals surface area contributed by atoms with Gasteiger partial charge in [0.05, 0.1) is 0 Å². The maximum absolute atomic E-state index is 12.2. The molecule has 1 aromatic rings. The van der Waals surface area contributed by atoms with Crippen molar-refractivity contribution in [3.05, 3.63) is 5.01 Å². The molecular formula is C14H20N4OS. The summed E-state index contributed by atoms with van der Waals surface area (Å²) in [7, 11) is 0. The number of hydrogen-bond donors (Lipinski definition) is 2. The predicted molar refractivity (Wildman–Crippen MR) is 77.8 cm³/mol. The molecule has 3 fully saturated rings. The molecule has 1 aromatic heterocycles. The molecule has 4 atom stereocenters. The molecule has 1 amide bonds. The van der Waals surface area contributed by atoms with E-state index in [4.69, 9.17) is 0 Å². The van der Waals surface area contributed by atoms with Gasteiger partial charge in [0.15, 0.2) is 0 Å². The molecule has 4 rings (SSSR count). The number of fused-ring (bicyclic) bond motifs is 5. The lowest BCUT2D eigenvalue weighted by Gasteiger charge is -2.09. The molecular weight excluding hydrogens is 272 g/mol. The third-order valence-corrected chi connectivity index (χ3v) is 6.06. The molecule has 3 aliphatic carbocycles. The SMILES string of the molecule is CCCNc1nnc(C(=O)NC2C3C4CCC(C4)C23)s1. The van der Waals surface area contributed by atoms with Gasteiger partial charge in [-0.2, -0.15) is 0 Å². The smallest absolute Gasteiger partial charge is 0.282 e. The largest absolute Gasteiger partial charge is 0.360 e. The van der Waals surface area contributed by atoms with E-state index in [-0.39, 0.29) is 5.91 Å². The van der Waals surface area contributed by atoms with Gasteiger partial charge in [-0.05, 0) is 49.4 Å². The first-order valence-corrected chi connectivity index (χ1v) is 8.48. The second-order valence-electron chi connectivity index (χ2n) is 6.33. The van der Waals surface area contributed by atoms with Crippen molar-refractivity contribution >= 4 is 22.4 Å². The monoisotopic (exact) mass is 292 g/mol. The van der Waals surface area contributed by atoms with Gasteiger partial charge in [-0.1, -0.05) is 18.3 Å². The molecule has 6 heteroatoms. The summed E-state index contributed by atoms with van der Waals surface area (Å²) in [6.07, 6.45) is 5.20. The van der Waals surface area contributed by atoms with Crippen LogP contribution in [0.3, 0.4) is 0 Å². The molecule has 0 aliphatic heterocycles. The molecule has 3 saturated carbocycles. The van der Waals surface area contributed by atoms with Gasteiger partial charge in [0, 0.05) is 12.6 Å². The average Bonchev–Trinajstić information content (AvgIpc) is 2.90. The van der Waals surface area contributed by atoms with Crippen LogP contribution in [0.1, 0.15) is 42.4 Å². The van der Waals surface area contributed by atoms with Crippen molar-refractivity contribution in [3.8, 4) is 0 Å². The minimum absolute atomic E-state index is 0.0363.